The van der Waals surface area contributed by atoms with E-state index in [4.69, 9.17) is 0 Å². The first kappa shape index (κ1) is 15.6. The van der Waals surface area contributed by atoms with Crippen molar-refractivity contribution in [3.05, 3.63) is 40.8 Å². The van der Waals surface area contributed by atoms with E-state index in [0.29, 0.717) is 11.3 Å². The maximum atomic E-state index is 11.3. The Morgan fingerprint density at radius 3 is 2.65 bits per heavy atom. The molecule has 0 bridgehead atoms. The molecule has 1 saturated carbocycles. The van der Waals surface area contributed by atoms with E-state index >= 15 is 0 Å². The number of nitrogens with zero attached hydrogens (tertiary/aromatic N) is 4. The molecule has 2 aromatic rings. The highest BCUT2D eigenvalue weighted by atomic mass is 16.6. The molecule has 2 aromatic heterocycles. The van der Waals surface area contributed by atoms with Crippen molar-refractivity contribution >= 4 is 5.69 Å². The molecule has 1 atom stereocenters. The average molecular weight is 316 g/mol. The van der Waals surface area contributed by atoms with Crippen LogP contribution in [0.25, 0.3) is 11.3 Å². The highest BCUT2D eigenvalue weighted by molar-refractivity contribution is 5.68. The predicted molar refractivity (Wildman–Crippen MR) is 84.7 cm³/mol. The van der Waals surface area contributed by atoms with E-state index in [9.17, 15) is 15.2 Å². The Balaban J connectivity index is 1.82. The summed E-state index contributed by atoms with van der Waals surface area (Å²) in [5.41, 5.74) is 0.915. The molecule has 0 aliphatic heterocycles. The quantitative estimate of drug-likeness (QED) is 0.676. The van der Waals surface area contributed by atoms with Crippen LogP contribution in [-0.2, 0) is 6.54 Å². The van der Waals surface area contributed by atoms with Crippen molar-refractivity contribution < 1.29 is 10.0 Å². The van der Waals surface area contributed by atoms with Gasteiger partial charge in [-0.15, -0.1) is 0 Å². The first-order chi connectivity index (χ1) is 11.1. The van der Waals surface area contributed by atoms with Crippen molar-refractivity contribution in [2.24, 2.45) is 5.92 Å². The van der Waals surface area contributed by atoms with Crippen LogP contribution in [0.1, 0.15) is 32.1 Å². The fourth-order valence-corrected chi connectivity index (χ4v) is 3.21. The minimum atomic E-state index is -0.514. The predicted octanol–water partition coefficient (Wildman–Crippen LogP) is 2.79. The number of aromatic nitrogens is 3. The minimum absolute atomic E-state index is 0.0490. The Bertz CT molecular complexity index is 665. The van der Waals surface area contributed by atoms with Crippen LogP contribution >= 0.6 is 0 Å². The molecule has 7 nitrogen and oxygen atoms in total. The summed E-state index contributed by atoms with van der Waals surface area (Å²) in [6, 6.07) is 3.38. The van der Waals surface area contributed by atoms with E-state index in [1.165, 1.54) is 17.3 Å². The van der Waals surface area contributed by atoms with Gasteiger partial charge in [-0.25, -0.2) is 0 Å². The lowest BCUT2D eigenvalue weighted by molar-refractivity contribution is -0.384. The monoisotopic (exact) mass is 316 g/mol. The number of aliphatic hydroxyl groups excluding tert-OH is 1. The number of aliphatic hydroxyl groups is 1. The number of nitro groups is 1. The van der Waals surface area contributed by atoms with E-state index in [-0.39, 0.29) is 18.2 Å². The molecule has 0 saturated heterocycles. The van der Waals surface area contributed by atoms with E-state index in [1.54, 1.807) is 24.5 Å². The van der Waals surface area contributed by atoms with E-state index in [1.807, 2.05) is 0 Å². The Kier molecular flexibility index (Phi) is 4.66. The van der Waals surface area contributed by atoms with Gasteiger partial charge in [0.1, 0.15) is 6.20 Å². The van der Waals surface area contributed by atoms with Crippen LogP contribution in [0.15, 0.2) is 30.7 Å². The Morgan fingerprint density at radius 1 is 1.30 bits per heavy atom. The summed E-state index contributed by atoms with van der Waals surface area (Å²) in [7, 11) is 0. The van der Waals surface area contributed by atoms with Gasteiger partial charge < -0.3 is 5.11 Å². The van der Waals surface area contributed by atoms with E-state index in [0.717, 1.165) is 25.7 Å². The highest BCUT2D eigenvalue weighted by Crippen LogP contribution is 2.30. The van der Waals surface area contributed by atoms with Gasteiger partial charge in [-0.05, 0) is 30.9 Å². The third kappa shape index (κ3) is 3.56. The van der Waals surface area contributed by atoms with Gasteiger partial charge in [-0.1, -0.05) is 19.3 Å². The van der Waals surface area contributed by atoms with Gasteiger partial charge >= 0.3 is 5.69 Å². The fraction of sp³-hybridized carbons (Fsp3) is 0.500. The zero-order valence-electron chi connectivity index (χ0n) is 12.8. The molecule has 1 aliphatic carbocycles. The Morgan fingerprint density at radius 2 is 2.00 bits per heavy atom. The standard InChI is InChI=1S/C16H20N4O3/c21-15(12-4-2-1-3-5-12)11-19-10-14(20(22)23)16(18-19)13-6-8-17-9-7-13/h6-10,12,15,21H,1-5,11H2/t15-/m0/s1. The number of hydrogen-bond donors (Lipinski definition) is 1. The van der Waals surface area contributed by atoms with E-state index in [2.05, 4.69) is 10.1 Å². The topological polar surface area (TPSA) is 94.1 Å². The third-order valence-electron chi connectivity index (χ3n) is 4.46. The number of rotatable bonds is 5. The van der Waals surface area contributed by atoms with Gasteiger partial charge in [0.05, 0.1) is 17.6 Å². The van der Waals surface area contributed by atoms with Crippen molar-refractivity contribution in [3.8, 4) is 11.3 Å². The second kappa shape index (κ2) is 6.87. The molecule has 1 fully saturated rings. The third-order valence-corrected chi connectivity index (χ3v) is 4.46. The van der Waals surface area contributed by atoms with Gasteiger partial charge in [0.2, 0.25) is 0 Å². The van der Waals surface area contributed by atoms with E-state index < -0.39 is 11.0 Å². The van der Waals surface area contributed by atoms with Gasteiger partial charge in [0.25, 0.3) is 0 Å². The Hall–Kier alpha value is -2.28. The fourth-order valence-electron chi connectivity index (χ4n) is 3.21. The van der Waals surface area contributed by atoms with Crippen molar-refractivity contribution in [3.63, 3.8) is 0 Å². The molecule has 7 heteroatoms. The first-order valence-electron chi connectivity index (χ1n) is 7.95. The first-order valence-corrected chi connectivity index (χ1v) is 7.95. The van der Waals surface area contributed by atoms with Gasteiger partial charge in [0, 0.05) is 18.0 Å². The molecular formula is C16H20N4O3. The molecule has 0 radical (unpaired) electrons. The molecule has 0 spiro atoms. The van der Waals surface area contributed by atoms with Crippen LogP contribution in [0.4, 0.5) is 5.69 Å². The van der Waals surface area contributed by atoms with Crippen LogP contribution in [0, 0.1) is 16.0 Å². The molecule has 3 rings (SSSR count). The number of pyridine rings is 1. The summed E-state index contributed by atoms with van der Waals surface area (Å²) in [4.78, 5) is 14.7. The second-order valence-electron chi connectivity index (χ2n) is 6.04. The smallest absolute Gasteiger partial charge is 0.314 e. The zero-order chi connectivity index (χ0) is 16.2. The normalized spacial score (nSPS) is 17.1. The lowest BCUT2D eigenvalue weighted by atomic mass is 9.85. The summed E-state index contributed by atoms with van der Waals surface area (Å²) < 4.78 is 1.49. The second-order valence-corrected chi connectivity index (χ2v) is 6.04. The zero-order valence-corrected chi connectivity index (χ0v) is 12.8. The molecule has 0 amide bonds. The lowest BCUT2D eigenvalue weighted by Crippen LogP contribution is -2.27. The maximum Gasteiger partial charge on any atom is 0.314 e. The molecule has 1 aliphatic rings. The van der Waals surface area contributed by atoms with Crippen LogP contribution < -0.4 is 0 Å². The molecule has 2 heterocycles. The summed E-state index contributed by atoms with van der Waals surface area (Å²) in [6.07, 6.45) is 9.59. The molecule has 0 unspecified atom stereocenters. The van der Waals surface area contributed by atoms with Crippen LogP contribution in [0.5, 0.6) is 0 Å². The summed E-state index contributed by atoms with van der Waals surface area (Å²) in [6.45, 7) is 0.288. The molecule has 122 valence electrons. The average Bonchev–Trinajstić information content (AvgIpc) is 3.00. The minimum Gasteiger partial charge on any atom is -0.391 e. The summed E-state index contributed by atoms with van der Waals surface area (Å²) in [5, 5.41) is 26.0. The number of hydrogen-bond acceptors (Lipinski definition) is 5. The maximum absolute atomic E-state index is 11.3. The summed E-state index contributed by atoms with van der Waals surface area (Å²) in [5.74, 6) is 0.261. The van der Waals surface area contributed by atoms with Gasteiger partial charge in [-0.2, -0.15) is 5.10 Å². The lowest BCUT2D eigenvalue weighted by Gasteiger charge is -2.26. The molecule has 0 aromatic carbocycles. The Labute approximate surface area is 134 Å². The molecule has 23 heavy (non-hydrogen) atoms. The molecule has 1 N–H and O–H groups in total. The van der Waals surface area contributed by atoms with Crippen LogP contribution in [0.2, 0.25) is 0 Å². The van der Waals surface area contributed by atoms with Crippen LogP contribution in [0.3, 0.4) is 0 Å². The van der Waals surface area contributed by atoms with Gasteiger partial charge in [-0.3, -0.25) is 19.8 Å². The summed E-state index contributed by atoms with van der Waals surface area (Å²) >= 11 is 0. The highest BCUT2D eigenvalue weighted by Gasteiger charge is 2.25. The van der Waals surface area contributed by atoms with Crippen LogP contribution in [-0.4, -0.2) is 30.9 Å². The SMILES string of the molecule is O=[N+]([O-])c1cn(C[C@H](O)C2CCCCC2)nc1-c1ccncc1. The van der Waals surface area contributed by atoms with Crippen molar-refractivity contribution in [1.29, 1.82) is 0 Å². The van der Waals surface area contributed by atoms with Crippen molar-refractivity contribution in [2.45, 2.75) is 44.8 Å². The van der Waals surface area contributed by atoms with Gasteiger partial charge in [0.15, 0.2) is 5.69 Å². The van der Waals surface area contributed by atoms with Crippen molar-refractivity contribution in [2.75, 3.05) is 0 Å². The molecular weight excluding hydrogens is 296 g/mol. The largest absolute Gasteiger partial charge is 0.391 e. The van der Waals surface area contributed by atoms with Crippen molar-refractivity contribution in [1.82, 2.24) is 14.8 Å².